The second-order valence-electron chi connectivity index (χ2n) is 4.53. The molecule has 0 radical (unpaired) electrons. The maximum Gasteiger partial charge on any atom is 0.240 e. The van der Waals surface area contributed by atoms with Crippen molar-refractivity contribution in [2.45, 2.75) is 6.92 Å². The lowest BCUT2D eigenvalue weighted by Crippen LogP contribution is -1.91. The van der Waals surface area contributed by atoms with Gasteiger partial charge in [0.15, 0.2) is 0 Å². The van der Waals surface area contributed by atoms with Crippen molar-refractivity contribution < 1.29 is 23.9 Å². The summed E-state index contributed by atoms with van der Waals surface area (Å²) in [4.78, 5) is 53.7. The number of hydrogen-bond acceptors (Lipinski definition) is 9. The molecular formula is C18H11BrN4O5. The fraction of sp³-hybridized carbons (Fsp3) is 0.111. The highest BCUT2D eigenvalue weighted by atomic mass is 79.9. The average molecular weight is 443 g/mol. The molecule has 10 heteroatoms. The fourth-order valence-electron chi connectivity index (χ4n) is 1.80. The molecule has 0 aliphatic rings. The first-order valence-electron chi connectivity index (χ1n) is 7.47. The molecule has 0 spiro atoms. The van der Waals surface area contributed by atoms with Gasteiger partial charge < -0.3 is 4.74 Å². The average Bonchev–Trinajstić information content (AvgIpc) is 2.68. The van der Waals surface area contributed by atoms with Gasteiger partial charge in [-0.3, -0.25) is 0 Å². The number of halogens is 1. The topological polar surface area (TPSA) is 127 Å². The Morgan fingerprint density at radius 1 is 0.786 bits per heavy atom. The molecule has 0 heterocycles. The van der Waals surface area contributed by atoms with E-state index in [1.165, 1.54) is 36.5 Å². The van der Waals surface area contributed by atoms with Gasteiger partial charge in [-0.25, -0.2) is 19.2 Å². The zero-order chi connectivity index (χ0) is 20.8. The Hall–Kier alpha value is -3.76. The van der Waals surface area contributed by atoms with Gasteiger partial charge in [0.25, 0.3) is 0 Å². The van der Waals surface area contributed by atoms with Crippen LogP contribution in [0, 0.1) is 0 Å². The van der Waals surface area contributed by atoms with Crippen molar-refractivity contribution in [2.24, 2.45) is 20.0 Å². The smallest absolute Gasteiger partial charge is 0.240 e. The van der Waals surface area contributed by atoms with E-state index in [1.54, 1.807) is 24.3 Å². The predicted molar refractivity (Wildman–Crippen MR) is 103 cm³/mol. The third-order valence-corrected chi connectivity index (χ3v) is 3.52. The summed E-state index contributed by atoms with van der Waals surface area (Å²) in [5, 5.41) is 0. The molecule has 0 saturated heterocycles. The van der Waals surface area contributed by atoms with Crippen LogP contribution in [0.4, 0.5) is 22.7 Å². The summed E-state index contributed by atoms with van der Waals surface area (Å²) in [6.07, 6.45) is 5.60. The van der Waals surface area contributed by atoms with Gasteiger partial charge in [-0.2, -0.15) is 20.0 Å². The van der Waals surface area contributed by atoms with Gasteiger partial charge >= 0.3 is 0 Å². The van der Waals surface area contributed by atoms with E-state index in [2.05, 4.69) is 35.9 Å². The Balaban J connectivity index is 0.000000283. The van der Waals surface area contributed by atoms with Crippen molar-refractivity contribution in [1.82, 2.24) is 0 Å². The molecule has 2 rings (SSSR count). The van der Waals surface area contributed by atoms with Crippen LogP contribution in [0.1, 0.15) is 6.92 Å². The van der Waals surface area contributed by atoms with Gasteiger partial charge in [-0.1, -0.05) is 0 Å². The van der Waals surface area contributed by atoms with E-state index in [9.17, 15) is 19.2 Å². The van der Waals surface area contributed by atoms with Crippen LogP contribution in [-0.4, -0.2) is 30.9 Å². The molecule has 0 fully saturated rings. The first-order valence-corrected chi connectivity index (χ1v) is 8.26. The normalized spacial score (nSPS) is 8.50. The minimum absolute atomic E-state index is 0.295. The molecule has 0 aliphatic carbocycles. The van der Waals surface area contributed by atoms with Crippen LogP contribution in [0.3, 0.4) is 0 Å². The maximum atomic E-state index is 10.1. The summed E-state index contributed by atoms with van der Waals surface area (Å²) < 4.78 is 5.85. The summed E-state index contributed by atoms with van der Waals surface area (Å²) >= 11 is 3.17. The molecule has 0 saturated carbocycles. The SMILES string of the molecule is CCOc1ccc(N=C=O)cc1N=C=O.O=C=Nc1ccc(Br)c(N=C=O)c1. The van der Waals surface area contributed by atoms with Crippen LogP contribution >= 0.6 is 15.9 Å². The van der Waals surface area contributed by atoms with E-state index in [0.29, 0.717) is 39.6 Å². The Morgan fingerprint density at radius 3 is 1.82 bits per heavy atom. The fourth-order valence-corrected chi connectivity index (χ4v) is 2.14. The van der Waals surface area contributed by atoms with Gasteiger partial charge in [0.05, 0.1) is 23.7 Å². The number of benzene rings is 2. The number of rotatable bonds is 6. The van der Waals surface area contributed by atoms with Crippen molar-refractivity contribution in [1.29, 1.82) is 0 Å². The lowest BCUT2D eigenvalue weighted by Gasteiger charge is -2.05. The van der Waals surface area contributed by atoms with Crippen molar-refractivity contribution >= 4 is 63.0 Å². The van der Waals surface area contributed by atoms with Crippen LogP contribution in [0.2, 0.25) is 0 Å². The van der Waals surface area contributed by atoms with Crippen molar-refractivity contribution in [2.75, 3.05) is 6.61 Å². The Bertz CT molecular complexity index is 1030. The number of aliphatic imine (C=N–C) groups is 4. The third kappa shape index (κ3) is 7.23. The number of nitrogens with zero attached hydrogens (tertiary/aromatic N) is 4. The monoisotopic (exact) mass is 442 g/mol. The summed E-state index contributed by atoms with van der Waals surface area (Å²) in [7, 11) is 0. The molecule has 0 atom stereocenters. The molecule has 0 unspecified atom stereocenters. The summed E-state index contributed by atoms with van der Waals surface area (Å²) in [5.74, 6) is 0.450. The van der Waals surface area contributed by atoms with E-state index >= 15 is 0 Å². The number of carbonyl (C=O) groups excluding carboxylic acids is 4. The van der Waals surface area contributed by atoms with Crippen LogP contribution in [0.5, 0.6) is 5.75 Å². The van der Waals surface area contributed by atoms with Gasteiger partial charge in [0, 0.05) is 4.47 Å². The largest absolute Gasteiger partial charge is 0.492 e. The van der Waals surface area contributed by atoms with E-state index in [0.717, 1.165) is 0 Å². The molecule has 0 N–H and O–H groups in total. The molecular weight excluding hydrogens is 432 g/mol. The van der Waals surface area contributed by atoms with Crippen molar-refractivity contribution in [3.8, 4) is 5.75 Å². The minimum atomic E-state index is 0.295. The molecule has 2 aromatic carbocycles. The molecule has 2 aromatic rings. The van der Waals surface area contributed by atoms with Crippen LogP contribution < -0.4 is 4.74 Å². The molecule has 0 aliphatic heterocycles. The Labute approximate surface area is 167 Å². The number of ether oxygens (including phenoxy) is 1. The van der Waals surface area contributed by atoms with Crippen LogP contribution in [0.15, 0.2) is 60.8 Å². The molecule has 0 aromatic heterocycles. The molecule has 0 amide bonds. The second kappa shape index (κ2) is 12.6. The number of hydrogen-bond donors (Lipinski definition) is 0. The maximum absolute atomic E-state index is 10.1. The quantitative estimate of drug-likeness (QED) is 0.483. The standard InChI is InChI=1S/C10H8N2O3.C8H3BrN2O2/c1-2-15-10-4-3-8(11-6-13)5-9(10)12-7-14;9-7-2-1-6(10-4-12)3-8(7)11-5-13/h3-5H,2H2,1H3;1-3H. The summed E-state index contributed by atoms with van der Waals surface area (Å²) in [6, 6.07) is 9.29. The predicted octanol–water partition coefficient (Wildman–Crippen LogP) is 4.40. The highest BCUT2D eigenvalue weighted by Gasteiger charge is 2.03. The van der Waals surface area contributed by atoms with Crippen LogP contribution in [-0.2, 0) is 19.2 Å². The molecule has 140 valence electrons. The van der Waals surface area contributed by atoms with Gasteiger partial charge in [-0.15, -0.1) is 0 Å². The van der Waals surface area contributed by atoms with E-state index in [4.69, 9.17) is 4.74 Å². The zero-order valence-corrected chi connectivity index (χ0v) is 16.0. The lowest BCUT2D eigenvalue weighted by molar-refractivity contribution is 0.341. The van der Waals surface area contributed by atoms with Gasteiger partial charge in [0.2, 0.25) is 24.3 Å². The summed E-state index contributed by atoms with van der Waals surface area (Å²) in [5.41, 5.74) is 1.43. The van der Waals surface area contributed by atoms with Gasteiger partial charge in [-0.05, 0) is 59.3 Å². The van der Waals surface area contributed by atoms with E-state index < -0.39 is 0 Å². The number of isocyanates is 4. The first-order chi connectivity index (χ1) is 13.6. The van der Waals surface area contributed by atoms with Gasteiger partial charge in [0.1, 0.15) is 11.4 Å². The minimum Gasteiger partial charge on any atom is -0.492 e. The lowest BCUT2D eigenvalue weighted by atomic mass is 10.2. The Morgan fingerprint density at radius 2 is 1.29 bits per heavy atom. The van der Waals surface area contributed by atoms with E-state index in [1.807, 2.05) is 6.92 Å². The highest BCUT2D eigenvalue weighted by molar-refractivity contribution is 9.10. The van der Waals surface area contributed by atoms with Crippen LogP contribution in [0.25, 0.3) is 0 Å². The van der Waals surface area contributed by atoms with Crippen molar-refractivity contribution in [3.05, 3.63) is 40.9 Å². The molecule has 9 nitrogen and oxygen atoms in total. The first kappa shape index (κ1) is 22.3. The molecule has 28 heavy (non-hydrogen) atoms. The second-order valence-corrected chi connectivity index (χ2v) is 5.39. The summed E-state index contributed by atoms with van der Waals surface area (Å²) in [6.45, 7) is 2.27. The highest BCUT2D eigenvalue weighted by Crippen LogP contribution is 2.31. The zero-order valence-electron chi connectivity index (χ0n) is 14.4. The Kier molecular flexibility index (Phi) is 10.0. The van der Waals surface area contributed by atoms with E-state index in [-0.39, 0.29) is 0 Å². The van der Waals surface area contributed by atoms with Crippen molar-refractivity contribution in [3.63, 3.8) is 0 Å². The molecule has 0 bridgehead atoms. The third-order valence-electron chi connectivity index (χ3n) is 2.85.